The van der Waals surface area contributed by atoms with Crippen molar-refractivity contribution in [2.75, 3.05) is 0 Å². The van der Waals surface area contributed by atoms with Crippen LogP contribution in [0.15, 0.2) is 237 Å². The van der Waals surface area contributed by atoms with E-state index in [1.807, 2.05) is 18.2 Å². The SMILES string of the molecule is c1ccc(-c2cccc(-c3ccc(-c4nc(-c5ccccc5)nc(-n5c6ccccc6c6ccc7c(c8ccccc8n7-c7ccc8c9ccccc9c9ccccc9c8c7)c65)n4)cc3)c2)cc1. The van der Waals surface area contributed by atoms with Gasteiger partial charge in [0.1, 0.15) is 0 Å². The van der Waals surface area contributed by atoms with Crippen LogP contribution in [0.25, 0.3) is 133 Å². The number of aromatic nitrogens is 5. The molecule has 0 fully saturated rings. The predicted octanol–water partition coefficient (Wildman–Crippen LogP) is 16.2. The van der Waals surface area contributed by atoms with Crippen LogP contribution < -0.4 is 0 Å². The molecular weight excluding hydrogens is 827 g/mol. The number of rotatable bonds is 6. The second-order valence-electron chi connectivity index (χ2n) is 17.6. The van der Waals surface area contributed by atoms with Crippen molar-refractivity contribution < 1.29 is 0 Å². The zero-order valence-electron chi connectivity index (χ0n) is 36.8. The molecule has 0 unspecified atom stereocenters. The van der Waals surface area contributed by atoms with Crippen LogP contribution in [0, 0.1) is 0 Å². The van der Waals surface area contributed by atoms with Crippen LogP contribution in [-0.2, 0) is 0 Å². The summed E-state index contributed by atoms with van der Waals surface area (Å²) in [6, 6.07) is 84.6. The first-order chi connectivity index (χ1) is 33.7. The molecule has 0 N–H and O–H groups in total. The van der Waals surface area contributed by atoms with Crippen molar-refractivity contribution in [1.29, 1.82) is 0 Å². The van der Waals surface area contributed by atoms with Crippen molar-refractivity contribution in [2.24, 2.45) is 0 Å². The molecule has 0 bridgehead atoms. The molecule has 14 aromatic rings. The van der Waals surface area contributed by atoms with Crippen LogP contribution in [0.1, 0.15) is 0 Å². The van der Waals surface area contributed by atoms with E-state index in [0.717, 1.165) is 71.6 Å². The zero-order valence-corrected chi connectivity index (χ0v) is 36.8. The van der Waals surface area contributed by atoms with Crippen LogP contribution in [0.3, 0.4) is 0 Å². The Labute approximate surface area is 391 Å². The lowest BCUT2D eigenvalue weighted by Gasteiger charge is -2.14. The first-order valence-electron chi connectivity index (χ1n) is 23.1. The summed E-state index contributed by atoms with van der Waals surface area (Å²) in [5.74, 6) is 1.78. The fourth-order valence-corrected chi connectivity index (χ4v) is 10.7. The molecule has 316 valence electrons. The normalized spacial score (nSPS) is 11.8. The third-order valence-electron chi connectivity index (χ3n) is 13.8. The summed E-state index contributed by atoms with van der Waals surface area (Å²) < 4.78 is 4.70. The summed E-state index contributed by atoms with van der Waals surface area (Å²) >= 11 is 0. The molecule has 3 heterocycles. The monoisotopic (exact) mass is 865 g/mol. The summed E-state index contributed by atoms with van der Waals surface area (Å²) in [5.41, 5.74) is 11.9. The van der Waals surface area contributed by atoms with Crippen molar-refractivity contribution in [3.05, 3.63) is 237 Å². The molecule has 0 radical (unpaired) electrons. The number of hydrogen-bond donors (Lipinski definition) is 0. The lowest BCUT2D eigenvalue weighted by molar-refractivity contribution is 0.955. The van der Waals surface area contributed by atoms with Crippen molar-refractivity contribution in [3.63, 3.8) is 0 Å². The van der Waals surface area contributed by atoms with Crippen LogP contribution in [0.4, 0.5) is 0 Å². The highest BCUT2D eigenvalue weighted by molar-refractivity contribution is 6.27. The molecule has 0 spiro atoms. The molecule has 0 saturated heterocycles. The third-order valence-corrected chi connectivity index (χ3v) is 13.8. The lowest BCUT2D eigenvalue weighted by Crippen LogP contribution is -2.06. The Morgan fingerprint density at radius 1 is 0.250 bits per heavy atom. The van der Waals surface area contributed by atoms with Gasteiger partial charge in [-0.05, 0) is 91.0 Å². The second-order valence-corrected chi connectivity index (χ2v) is 17.6. The number of fused-ring (bicyclic) bond motifs is 13. The molecular formula is C63H39N5. The highest BCUT2D eigenvalue weighted by Crippen LogP contribution is 2.43. The smallest absolute Gasteiger partial charge is 0.238 e. The fourth-order valence-electron chi connectivity index (χ4n) is 10.7. The minimum Gasteiger partial charge on any atom is -0.309 e. The summed E-state index contributed by atoms with van der Waals surface area (Å²) in [6.07, 6.45) is 0. The van der Waals surface area contributed by atoms with Gasteiger partial charge >= 0.3 is 0 Å². The zero-order chi connectivity index (χ0) is 44.7. The van der Waals surface area contributed by atoms with E-state index in [9.17, 15) is 0 Å². The maximum atomic E-state index is 5.40. The standard InChI is InChI=1S/C63H39N5/c1-3-16-40(17-4-1)44-20-15-21-45(38-44)41-30-32-43(33-31-41)62-64-61(42-18-5-2-6-19-42)65-63(66-62)68-56-28-13-11-26-52(56)53-36-37-58-59(60(53)68)54-27-12-14-29-57(54)67(58)46-34-35-51-49-24-8-7-22-47(49)48-23-9-10-25-50(48)55(51)39-46/h1-39H. The predicted molar refractivity (Wildman–Crippen MR) is 283 cm³/mol. The molecule has 5 nitrogen and oxygen atoms in total. The van der Waals surface area contributed by atoms with E-state index >= 15 is 0 Å². The Morgan fingerprint density at radius 2 is 0.706 bits per heavy atom. The molecule has 5 heteroatoms. The van der Waals surface area contributed by atoms with Gasteiger partial charge in [0, 0.05) is 38.4 Å². The molecule has 0 saturated carbocycles. The summed E-state index contributed by atoms with van der Waals surface area (Å²) in [5, 5.41) is 12.1. The molecule has 0 aliphatic carbocycles. The summed E-state index contributed by atoms with van der Waals surface area (Å²) in [7, 11) is 0. The van der Waals surface area contributed by atoms with Crippen molar-refractivity contribution in [1.82, 2.24) is 24.1 Å². The van der Waals surface area contributed by atoms with E-state index in [1.54, 1.807) is 0 Å². The molecule has 11 aromatic carbocycles. The van der Waals surface area contributed by atoms with E-state index in [4.69, 9.17) is 15.0 Å². The quantitative estimate of drug-likeness (QED) is 0.156. The van der Waals surface area contributed by atoms with Gasteiger partial charge in [-0.3, -0.25) is 4.57 Å². The number of nitrogens with zero attached hydrogens (tertiary/aromatic N) is 5. The Kier molecular flexibility index (Phi) is 8.52. The number of benzene rings is 11. The van der Waals surface area contributed by atoms with E-state index in [0.29, 0.717) is 17.6 Å². The number of hydrogen-bond acceptors (Lipinski definition) is 3. The van der Waals surface area contributed by atoms with Gasteiger partial charge in [-0.15, -0.1) is 0 Å². The maximum Gasteiger partial charge on any atom is 0.238 e. The average Bonchev–Trinajstić information content (AvgIpc) is 3.94. The molecule has 0 amide bonds. The van der Waals surface area contributed by atoms with Crippen LogP contribution >= 0.6 is 0 Å². The van der Waals surface area contributed by atoms with Gasteiger partial charge in [-0.1, -0.05) is 200 Å². The number of para-hydroxylation sites is 2. The third kappa shape index (κ3) is 5.93. The topological polar surface area (TPSA) is 48.5 Å². The Hall–Kier alpha value is -9.19. The molecule has 14 rings (SSSR count). The van der Waals surface area contributed by atoms with E-state index in [1.165, 1.54) is 43.4 Å². The van der Waals surface area contributed by atoms with Crippen molar-refractivity contribution >= 4 is 75.9 Å². The Balaban J connectivity index is 0.996. The lowest BCUT2D eigenvalue weighted by atomic mass is 9.94. The van der Waals surface area contributed by atoms with Crippen molar-refractivity contribution in [3.8, 4) is 56.7 Å². The van der Waals surface area contributed by atoms with Gasteiger partial charge in [0.2, 0.25) is 5.95 Å². The summed E-state index contributed by atoms with van der Waals surface area (Å²) in [6.45, 7) is 0. The van der Waals surface area contributed by atoms with Gasteiger partial charge in [0.05, 0.1) is 22.1 Å². The van der Waals surface area contributed by atoms with Crippen molar-refractivity contribution in [2.45, 2.75) is 0 Å². The summed E-state index contributed by atoms with van der Waals surface area (Å²) in [4.78, 5) is 15.9. The van der Waals surface area contributed by atoms with E-state index < -0.39 is 0 Å². The first kappa shape index (κ1) is 38.1. The van der Waals surface area contributed by atoms with Gasteiger partial charge in [-0.2, -0.15) is 9.97 Å². The fraction of sp³-hybridized carbons (Fsp3) is 0. The molecule has 0 aliphatic rings. The van der Waals surface area contributed by atoms with Gasteiger partial charge < -0.3 is 4.57 Å². The maximum absolute atomic E-state index is 5.40. The Bertz CT molecular complexity index is 4270. The van der Waals surface area contributed by atoms with E-state index in [-0.39, 0.29) is 0 Å². The Morgan fingerprint density at radius 3 is 1.35 bits per heavy atom. The highest BCUT2D eigenvalue weighted by atomic mass is 15.2. The first-order valence-corrected chi connectivity index (χ1v) is 23.1. The van der Waals surface area contributed by atoms with Crippen LogP contribution in [-0.4, -0.2) is 24.1 Å². The van der Waals surface area contributed by atoms with Gasteiger partial charge in [0.15, 0.2) is 11.6 Å². The molecule has 0 aliphatic heterocycles. The average molecular weight is 866 g/mol. The minimum absolute atomic E-state index is 0.563. The van der Waals surface area contributed by atoms with Gasteiger partial charge in [-0.25, -0.2) is 4.98 Å². The largest absolute Gasteiger partial charge is 0.309 e. The second kappa shape index (κ2) is 15.2. The van der Waals surface area contributed by atoms with Crippen LogP contribution in [0.5, 0.6) is 0 Å². The molecule has 0 atom stereocenters. The minimum atomic E-state index is 0.563. The van der Waals surface area contributed by atoms with Crippen LogP contribution in [0.2, 0.25) is 0 Å². The molecule has 68 heavy (non-hydrogen) atoms. The highest BCUT2D eigenvalue weighted by Gasteiger charge is 2.24. The molecule has 3 aromatic heterocycles. The van der Waals surface area contributed by atoms with E-state index in [2.05, 4.69) is 228 Å². The van der Waals surface area contributed by atoms with Gasteiger partial charge in [0.25, 0.3) is 0 Å².